The molecule has 0 aliphatic carbocycles. The number of carbonyl (C=O) groups excluding carboxylic acids is 1. The van der Waals surface area contributed by atoms with E-state index in [2.05, 4.69) is 9.97 Å². The first-order chi connectivity index (χ1) is 14.3. The van der Waals surface area contributed by atoms with E-state index in [-0.39, 0.29) is 12.5 Å². The molecule has 1 amide bonds. The van der Waals surface area contributed by atoms with Gasteiger partial charge in [-0.15, -0.1) is 0 Å². The zero-order valence-corrected chi connectivity index (χ0v) is 16.0. The summed E-state index contributed by atoms with van der Waals surface area (Å²) in [5.74, 6) is 0.173. The van der Waals surface area contributed by atoms with E-state index in [4.69, 9.17) is 0 Å². The molecule has 4 rings (SSSR count). The van der Waals surface area contributed by atoms with E-state index in [1.807, 2.05) is 30.3 Å². The molecule has 0 radical (unpaired) electrons. The van der Waals surface area contributed by atoms with Gasteiger partial charge < -0.3 is 4.90 Å². The Hall–Kier alpha value is -3.68. The number of fused-ring (bicyclic) bond motifs is 1. The van der Waals surface area contributed by atoms with Crippen LogP contribution in [0.2, 0.25) is 0 Å². The molecule has 0 atom stereocenters. The molecule has 152 valence electrons. The predicted octanol–water partition coefficient (Wildman–Crippen LogP) is 4.78. The Morgan fingerprint density at radius 3 is 2.37 bits per heavy atom. The number of carbonyl (C=O) groups is 1. The monoisotopic (exact) mass is 410 g/mol. The molecule has 4 aromatic rings. The predicted molar refractivity (Wildman–Crippen MR) is 108 cm³/mol. The summed E-state index contributed by atoms with van der Waals surface area (Å²) < 4.78 is 40.4. The van der Waals surface area contributed by atoms with Gasteiger partial charge in [-0.3, -0.25) is 9.36 Å². The Kier molecular flexibility index (Phi) is 4.99. The van der Waals surface area contributed by atoms with Crippen LogP contribution in [-0.2, 0) is 17.5 Å². The van der Waals surface area contributed by atoms with Crippen LogP contribution >= 0.6 is 0 Å². The first-order valence-electron chi connectivity index (χ1n) is 9.15. The summed E-state index contributed by atoms with van der Waals surface area (Å²) in [6.45, 7) is -0.0603. The highest BCUT2D eigenvalue weighted by Gasteiger charge is 2.30. The first kappa shape index (κ1) is 19.6. The Morgan fingerprint density at radius 2 is 1.70 bits per heavy atom. The second-order valence-corrected chi connectivity index (χ2v) is 6.73. The number of para-hydroxylation sites is 1. The number of alkyl halides is 3. The van der Waals surface area contributed by atoms with Crippen molar-refractivity contribution in [3.05, 3.63) is 78.5 Å². The number of nitrogens with zero attached hydrogens (tertiary/aromatic N) is 4. The van der Waals surface area contributed by atoms with Crippen molar-refractivity contribution in [1.29, 1.82) is 0 Å². The van der Waals surface area contributed by atoms with Gasteiger partial charge in [-0.05, 0) is 36.4 Å². The Bertz CT molecular complexity index is 1180. The molecular formula is C22H17F3N4O. The molecule has 0 N–H and O–H groups in total. The zero-order valence-electron chi connectivity index (χ0n) is 16.0. The van der Waals surface area contributed by atoms with Gasteiger partial charge in [-0.1, -0.05) is 30.3 Å². The maximum atomic E-state index is 12.9. The second-order valence-electron chi connectivity index (χ2n) is 6.73. The van der Waals surface area contributed by atoms with Crippen LogP contribution in [-0.4, -0.2) is 27.5 Å². The van der Waals surface area contributed by atoms with Crippen molar-refractivity contribution in [2.24, 2.45) is 0 Å². The smallest absolute Gasteiger partial charge is 0.314 e. The van der Waals surface area contributed by atoms with E-state index in [1.165, 1.54) is 17.0 Å². The van der Waals surface area contributed by atoms with E-state index in [9.17, 15) is 18.0 Å². The van der Waals surface area contributed by atoms with Crippen molar-refractivity contribution in [3.63, 3.8) is 0 Å². The van der Waals surface area contributed by atoms with Crippen LogP contribution in [0.15, 0.2) is 72.9 Å². The molecule has 0 bridgehead atoms. The molecule has 0 unspecified atom stereocenters. The van der Waals surface area contributed by atoms with Crippen LogP contribution in [0.1, 0.15) is 5.56 Å². The molecule has 0 aliphatic heterocycles. The average molecular weight is 410 g/mol. The highest BCUT2D eigenvalue weighted by atomic mass is 19.4. The standard InChI is InChI=1S/C22H17F3N4O/c1-28(17-6-3-2-4-7-17)19(30)14-29-20(27-18-8-5-13-26-21(18)29)15-9-11-16(12-10-15)22(23,24)25/h2-13H,14H2,1H3. The summed E-state index contributed by atoms with van der Waals surface area (Å²) >= 11 is 0. The minimum atomic E-state index is -4.42. The lowest BCUT2D eigenvalue weighted by molar-refractivity contribution is -0.137. The third kappa shape index (κ3) is 3.76. The highest BCUT2D eigenvalue weighted by Crippen LogP contribution is 2.31. The number of hydrogen-bond donors (Lipinski definition) is 0. The van der Waals surface area contributed by atoms with Gasteiger partial charge in [0.25, 0.3) is 0 Å². The lowest BCUT2D eigenvalue weighted by atomic mass is 10.1. The lowest BCUT2D eigenvalue weighted by Gasteiger charge is -2.18. The molecule has 2 heterocycles. The molecule has 2 aromatic heterocycles. The number of benzene rings is 2. The van der Waals surface area contributed by atoms with Crippen LogP contribution in [0.5, 0.6) is 0 Å². The third-order valence-electron chi connectivity index (χ3n) is 4.79. The lowest BCUT2D eigenvalue weighted by Crippen LogP contribution is -2.30. The second kappa shape index (κ2) is 7.62. The van der Waals surface area contributed by atoms with E-state index < -0.39 is 11.7 Å². The number of rotatable bonds is 4. The summed E-state index contributed by atoms with van der Waals surface area (Å²) in [4.78, 5) is 23.3. The minimum absolute atomic E-state index is 0.0603. The fraction of sp³-hybridized carbons (Fsp3) is 0.136. The van der Waals surface area contributed by atoms with Gasteiger partial charge in [0.2, 0.25) is 5.91 Å². The first-order valence-corrected chi connectivity index (χ1v) is 9.15. The summed E-state index contributed by atoms with van der Waals surface area (Å²) in [6, 6.07) is 17.3. The van der Waals surface area contributed by atoms with Crippen LogP contribution in [0.3, 0.4) is 0 Å². The molecule has 2 aromatic carbocycles. The number of halogens is 3. The Labute approximate surface area is 170 Å². The van der Waals surface area contributed by atoms with Crippen molar-refractivity contribution in [3.8, 4) is 11.4 Å². The van der Waals surface area contributed by atoms with Crippen LogP contribution in [0.25, 0.3) is 22.6 Å². The molecule has 0 saturated heterocycles. The zero-order chi connectivity index (χ0) is 21.3. The van der Waals surface area contributed by atoms with E-state index in [0.717, 1.165) is 17.8 Å². The molecule has 0 saturated carbocycles. The van der Waals surface area contributed by atoms with Crippen molar-refractivity contribution in [1.82, 2.24) is 14.5 Å². The third-order valence-corrected chi connectivity index (χ3v) is 4.79. The number of likely N-dealkylation sites (N-methyl/N-ethyl adjacent to an activating group) is 1. The minimum Gasteiger partial charge on any atom is -0.314 e. The fourth-order valence-corrected chi connectivity index (χ4v) is 3.17. The molecule has 0 fully saturated rings. The molecule has 8 heteroatoms. The molecule has 30 heavy (non-hydrogen) atoms. The van der Waals surface area contributed by atoms with Crippen molar-refractivity contribution in [2.75, 3.05) is 11.9 Å². The van der Waals surface area contributed by atoms with E-state index in [1.54, 1.807) is 29.9 Å². The van der Waals surface area contributed by atoms with Crippen LogP contribution in [0, 0.1) is 0 Å². The number of aromatic nitrogens is 3. The van der Waals surface area contributed by atoms with Gasteiger partial charge >= 0.3 is 6.18 Å². The van der Waals surface area contributed by atoms with Crippen LogP contribution < -0.4 is 4.90 Å². The number of pyridine rings is 1. The number of anilines is 1. The van der Waals surface area contributed by atoms with Crippen molar-refractivity contribution >= 4 is 22.8 Å². The topological polar surface area (TPSA) is 51.0 Å². The molecule has 0 spiro atoms. The van der Waals surface area contributed by atoms with E-state index in [0.29, 0.717) is 22.6 Å². The largest absolute Gasteiger partial charge is 0.416 e. The van der Waals surface area contributed by atoms with Crippen molar-refractivity contribution < 1.29 is 18.0 Å². The maximum absolute atomic E-state index is 12.9. The Balaban J connectivity index is 1.73. The Morgan fingerprint density at radius 1 is 1.00 bits per heavy atom. The summed E-state index contributed by atoms with van der Waals surface area (Å²) in [6.07, 6.45) is -2.84. The SMILES string of the molecule is CN(C(=O)Cn1c(-c2ccc(C(F)(F)F)cc2)nc2cccnc21)c1ccccc1. The van der Waals surface area contributed by atoms with Gasteiger partial charge in [0.1, 0.15) is 17.9 Å². The van der Waals surface area contributed by atoms with Crippen LogP contribution in [0.4, 0.5) is 18.9 Å². The van der Waals surface area contributed by atoms with Crippen molar-refractivity contribution in [2.45, 2.75) is 12.7 Å². The molecular weight excluding hydrogens is 393 g/mol. The van der Waals surface area contributed by atoms with Gasteiger partial charge in [0, 0.05) is 24.5 Å². The maximum Gasteiger partial charge on any atom is 0.416 e. The molecule has 0 aliphatic rings. The van der Waals surface area contributed by atoms with Gasteiger partial charge in [0.15, 0.2) is 5.65 Å². The summed E-state index contributed by atoms with van der Waals surface area (Å²) in [5.41, 5.74) is 1.50. The van der Waals surface area contributed by atoms with E-state index >= 15 is 0 Å². The normalized spacial score (nSPS) is 11.6. The van der Waals surface area contributed by atoms with Gasteiger partial charge in [-0.2, -0.15) is 13.2 Å². The summed E-state index contributed by atoms with van der Waals surface area (Å²) in [5, 5.41) is 0. The average Bonchev–Trinajstić information content (AvgIpc) is 3.11. The number of hydrogen-bond acceptors (Lipinski definition) is 3. The molecule has 5 nitrogen and oxygen atoms in total. The van der Waals surface area contributed by atoms with Gasteiger partial charge in [0.05, 0.1) is 5.56 Å². The quantitative estimate of drug-likeness (QED) is 0.487. The summed E-state index contributed by atoms with van der Waals surface area (Å²) in [7, 11) is 1.67. The number of amides is 1. The number of imidazole rings is 1. The van der Waals surface area contributed by atoms with Gasteiger partial charge in [-0.25, -0.2) is 9.97 Å². The fourth-order valence-electron chi connectivity index (χ4n) is 3.17. The highest BCUT2D eigenvalue weighted by molar-refractivity contribution is 5.94.